The summed E-state index contributed by atoms with van der Waals surface area (Å²) in [5.41, 5.74) is 0. The topological polar surface area (TPSA) is 113 Å². The van der Waals surface area contributed by atoms with E-state index in [4.69, 9.17) is 5.11 Å². The number of hydrogen-bond acceptors (Lipinski definition) is 5. The molecular weight excluding hydrogens is 232 g/mol. The van der Waals surface area contributed by atoms with Crippen molar-refractivity contribution in [3.05, 3.63) is 0 Å². The standard InChI is InChI=1S/C5H14N2O5S2/c1-13(9,10)6-3-5(4-8)7-14(2,11)12/h5-8H,3-4H2,1-2H3. The van der Waals surface area contributed by atoms with Gasteiger partial charge in [-0.3, -0.25) is 0 Å². The fraction of sp³-hybridized carbons (Fsp3) is 1.00. The first-order valence-corrected chi connectivity index (χ1v) is 7.45. The maximum atomic E-state index is 10.7. The van der Waals surface area contributed by atoms with Crippen LogP contribution in [0.2, 0.25) is 0 Å². The van der Waals surface area contributed by atoms with E-state index in [2.05, 4.69) is 9.44 Å². The summed E-state index contributed by atoms with van der Waals surface area (Å²) in [6.45, 7) is -0.655. The quantitative estimate of drug-likeness (QED) is 0.477. The highest BCUT2D eigenvalue weighted by molar-refractivity contribution is 7.89. The van der Waals surface area contributed by atoms with E-state index in [9.17, 15) is 16.8 Å². The summed E-state index contributed by atoms with van der Waals surface area (Å²) in [6.07, 6.45) is 1.87. The van der Waals surface area contributed by atoms with Crippen LogP contribution in [0.4, 0.5) is 0 Å². The molecule has 1 atom stereocenters. The molecule has 0 spiro atoms. The van der Waals surface area contributed by atoms with Crippen molar-refractivity contribution in [1.29, 1.82) is 0 Å². The van der Waals surface area contributed by atoms with Crippen molar-refractivity contribution in [3.8, 4) is 0 Å². The maximum Gasteiger partial charge on any atom is 0.209 e. The summed E-state index contributed by atoms with van der Waals surface area (Å²) in [4.78, 5) is 0. The average molecular weight is 246 g/mol. The summed E-state index contributed by atoms with van der Waals surface area (Å²) in [7, 11) is -6.83. The molecule has 0 aromatic heterocycles. The van der Waals surface area contributed by atoms with Crippen molar-refractivity contribution in [2.24, 2.45) is 0 Å². The van der Waals surface area contributed by atoms with Gasteiger partial charge in [0.05, 0.1) is 25.2 Å². The van der Waals surface area contributed by atoms with Crippen LogP contribution < -0.4 is 9.44 Å². The molecule has 9 heteroatoms. The van der Waals surface area contributed by atoms with Gasteiger partial charge in [0.2, 0.25) is 20.0 Å². The van der Waals surface area contributed by atoms with Crippen LogP contribution in [0.3, 0.4) is 0 Å². The van der Waals surface area contributed by atoms with E-state index in [0.717, 1.165) is 12.5 Å². The third kappa shape index (κ3) is 8.38. The van der Waals surface area contributed by atoms with E-state index in [1.165, 1.54) is 0 Å². The number of rotatable bonds is 6. The fourth-order valence-corrected chi connectivity index (χ4v) is 1.97. The van der Waals surface area contributed by atoms with Gasteiger partial charge >= 0.3 is 0 Å². The molecule has 1 unspecified atom stereocenters. The molecule has 0 amide bonds. The van der Waals surface area contributed by atoms with Gasteiger partial charge in [0.1, 0.15) is 0 Å². The molecule has 0 heterocycles. The molecule has 0 aromatic rings. The van der Waals surface area contributed by atoms with Crippen molar-refractivity contribution in [2.75, 3.05) is 25.7 Å². The molecule has 0 saturated heterocycles. The van der Waals surface area contributed by atoms with Crippen LogP contribution in [-0.2, 0) is 20.0 Å². The number of aliphatic hydroxyl groups is 1. The second kappa shape index (κ2) is 5.03. The number of nitrogens with one attached hydrogen (secondary N) is 2. The molecule has 86 valence electrons. The van der Waals surface area contributed by atoms with Crippen LogP contribution in [-0.4, -0.2) is 53.6 Å². The Hall–Kier alpha value is -0.220. The summed E-state index contributed by atoms with van der Waals surface area (Å²) >= 11 is 0. The second-order valence-electron chi connectivity index (χ2n) is 2.89. The first-order chi connectivity index (χ1) is 6.14. The molecule has 0 aliphatic rings. The molecule has 0 saturated carbocycles. The smallest absolute Gasteiger partial charge is 0.209 e. The van der Waals surface area contributed by atoms with Gasteiger partial charge in [0.25, 0.3) is 0 Å². The van der Waals surface area contributed by atoms with Gasteiger partial charge in [-0.05, 0) is 0 Å². The zero-order valence-electron chi connectivity index (χ0n) is 7.89. The molecule has 3 N–H and O–H groups in total. The largest absolute Gasteiger partial charge is 0.395 e. The van der Waals surface area contributed by atoms with Gasteiger partial charge in [-0.15, -0.1) is 0 Å². The van der Waals surface area contributed by atoms with Gasteiger partial charge < -0.3 is 5.11 Å². The lowest BCUT2D eigenvalue weighted by Crippen LogP contribution is -2.45. The predicted octanol–water partition coefficient (Wildman–Crippen LogP) is -2.55. The highest BCUT2D eigenvalue weighted by Crippen LogP contribution is 1.86. The van der Waals surface area contributed by atoms with E-state index in [1.807, 2.05) is 0 Å². The third-order valence-corrected chi connectivity index (χ3v) is 2.65. The Labute approximate surface area is 83.6 Å². The normalized spacial score (nSPS) is 15.4. The van der Waals surface area contributed by atoms with Crippen molar-refractivity contribution >= 4 is 20.0 Å². The Morgan fingerprint density at radius 1 is 1.14 bits per heavy atom. The Morgan fingerprint density at radius 2 is 1.64 bits per heavy atom. The Morgan fingerprint density at radius 3 is 1.93 bits per heavy atom. The first kappa shape index (κ1) is 13.8. The molecule has 0 aliphatic carbocycles. The monoisotopic (exact) mass is 246 g/mol. The van der Waals surface area contributed by atoms with Crippen LogP contribution in [0.15, 0.2) is 0 Å². The molecule has 7 nitrogen and oxygen atoms in total. The third-order valence-electron chi connectivity index (χ3n) is 1.19. The van der Waals surface area contributed by atoms with E-state index < -0.39 is 32.7 Å². The van der Waals surface area contributed by atoms with Crippen LogP contribution in [0, 0.1) is 0 Å². The zero-order chi connectivity index (χ0) is 11.4. The number of hydrogen-bond donors (Lipinski definition) is 3. The Kier molecular flexibility index (Phi) is 4.95. The summed E-state index contributed by atoms with van der Waals surface area (Å²) < 4.78 is 46.9. The van der Waals surface area contributed by atoms with Gasteiger partial charge in [0, 0.05) is 6.54 Å². The Balaban J connectivity index is 4.19. The minimum atomic E-state index is -3.45. The van der Waals surface area contributed by atoms with Crippen LogP contribution in [0.5, 0.6) is 0 Å². The van der Waals surface area contributed by atoms with E-state index in [0.29, 0.717) is 0 Å². The predicted molar refractivity (Wildman–Crippen MR) is 51.7 cm³/mol. The Bertz CT molecular complexity index is 360. The number of aliphatic hydroxyl groups excluding tert-OH is 1. The molecule has 0 bridgehead atoms. The summed E-state index contributed by atoms with van der Waals surface area (Å²) in [5, 5.41) is 8.72. The molecule has 0 rings (SSSR count). The van der Waals surface area contributed by atoms with Crippen LogP contribution in [0.1, 0.15) is 0 Å². The zero-order valence-corrected chi connectivity index (χ0v) is 9.52. The first-order valence-electron chi connectivity index (χ1n) is 3.67. The molecular formula is C5H14N2O5S2. The lowest BCUT2D eigenvalue weighted by molar-refractivity contribution is 0.257. The lowest BCUT2D eigenvalue weighted by atomic mass is 10.3. The van der Waals surface area contributed by atoms with Crippen molar-refractivity contribution in [3.63, 3.8) is 0 Å². The number of sulfonamides is 2. The van der Waals surface area contributed by atoms with E-state index in [1.54, 1.807) is 0 Å². The highest BCUT2D eigenvalue weighted by atomic mass is 32.2. The second-order valence-corrected chi connectivity index (χ2v) is 6.50. The molecule has 0 fully saturated rings. The molecule has 0 aromatic carbocycles. The van der Waals surface area contributed by atoms with Gasteiger partial charge in [-0.25, -0.2) is 26.3 Å². The molecule has 14 heavy (non-hydrogen) atoms. The van der Waals surface area contributed by atoms with Gasteiger partial charge in [-0.2, -0.15) is 0 Å². The van der Waals surface area contributed by atoms with Gasteiger partial charge in [-0.1, -0.05) is 0 Å². The summed E-state index contributed by atoms with van der Waals surface area (Å²) in [6, 6.07) is -0.847. The highest BCUT2D eigenvalue weighted by Gasteiger charge is 2.14. The minimum Gasteiger partial charge on any atom is -0.395 e. The van der Waals surface area contributed by atoms with E-state index >= 15 is 0 Å². The van der Waals surface area contributed by atoms with Crippen molar-refractivity contribution < 1.29 is 21.9 Å². The van der Waals surface area contributed by atoms with Crippen LogP contribution >= 0.6 is 0 Å². The average Bonchev–Trinajstić information content (AvgIpc) is 1.94. The van der Waals surface area contributed by atoms with Crippen molar-refractivity contribution in [1.82, 2.24) is 9.44 Å². The van der Waals surface area contributed by atoms with Gasteiger partial charge in [0.15, 0.2) is 0 Å². The maximum absolute atomic E-state index is 10.7. The van der Waals surface area contributed by atoms with Crippen LogP contribution in [0.25, 0.3) is 0 Å². The summed E-state index contributed by atoms with van der Waals surface area (Å²) in [5.74, 6) is 0. The lowest BCUT2D eigenvalue weighted by Gasteiger charge is -2.14. The minimum absolute atomic E-state index is 0.178. The molecule has 0 aliphatic heterocycles. The van der Waals surface area contributed by atoms with Crippen molar-refractivity contribution in [2.45, 2.75) is 6.04 Å². The van der Waals surface area contributed by atoms with E-state index in [-0.39, 0.29) is 6.54 Å². The molecule has 0 radical (unpaired) electrons. The fourth-order valence-electron chi connectivity index (χ4n) is 0.698. The SMILES string of the molecule is CS(=O)(=O)NCC(CO)NS(C)(=O)=O.